The minimum absolute atomic E-state index is 0.490. The van der Waals surface area contributed by atoms with Crippen LogP contribution in [0, 0.1) is 0 Å². The fraction of sp³-hybridized carbons (Fsp3) is 0.308. The van der Waals surface area contributed by atoms with Crippen molar-refractivity contribution >= 4 is 22.7 Å². The highest BCUT2D eigenvalue weighted by molar-refractivity contribution is 7.98. The average molecular weight is 217 g/mol. The Morgan fingerprint density at radius 1 is 1.13 bits per heavy atom. The minimum Gasteiger partial charge on any atom is -0.251 e. The van der Waals surface area contributed by atoms with Crippen molar-refractivity contribution < 1.29 is 0 Å². The molecule has 1 aromatic heterocycles. The Morgan fingerprint density at radius 3 is 2.60 bits per heavy atom. The Morgan fingerprint density at radius 2 is 1.93 bits per heavy atom. The van der Waals surface area contributed by atoms with Crippen molar-refractivity contribution in [2.75, 3.05) is 6.26 Å². The van der Waals surface area contributed by atoms with Crippen LogP contribution in [0.25, 0.3) is 10.9 Å². The number of benzene rings is 1. The average Bonchev–Trinajstić information content (AvgIpc) is 2.27. The molecule has 0 fully saturated rings. The minimum atomic E-state index is 0.490. The molecule has 0 unspecified atom stereocenters. The first-order valence-electron chi connectivity index (χ1n) is 5.16. The molecular weight excluding hydrogens is 202 g/mol. The largest absolute Gasteiger partial charge is 0.251 e. The van der Waals surface area contributed by atoms with E-state index in [-0.39, 0.29) is 0 Å². The van der Waals surface area contributed by atoms with Gasteiger partial charge < -0.3 is 0 Å². The molecule has 0 saturated heterocycles. The molecule has 0 atom stereocenters. The third-order valence-corrected chi connectivity index (χ3v) is 3.29. The molecule has 0 aliphatic heterocycles. The summed E-state index contributed by atoms with van der Waals surface area (Å²) in [4.78, 5) is 5.98. The first kappa shape index (κ1) is 10.5. The molecule has 0 N–H and O–H groups in total. The number of rotatable bonds is 2. The van der Waals surface area contributed by atoms with Gasteiger partial charge in [0.05, 0.1) is 5.52 Å². The summed E-state index contributed by atoms with van der Waals surface area (Å²) in [5, 5.41) is 1.23. The van der Waals surface area contributed by atoms with Crippen molar-refractivity contribution in [3.8, 4) is 0 Å². The van der Waals surface area contributed by atoms with Gasteiger partial charge in [0.1, 0.15) is 0 Å². The molecule has 0 aliphatic carbocycles. The predicted octanol–water partition coefficient (Wildman–Crippen LogP) is 4.08. The molecule has 0 aliphatic rings. The van der Waals surface area contributed by atoms with Crippen LogP contribution in [0.3, 0.4) is 0 Å². The number of fused-ring (bicyclic) bond motifs is 1. The Kier molecular flexibility index (Phi) is 2.96. The monoisotopic (exact) mass is 217 g/mol. The predicted molar refractivity (Wildman–Crippen MR) is 67.6 cm³/mol. The topological polar surface area (TPSA) is 12.9 Å². The number of hydrogen-bond acceptors (Lipinski definition) is 2. The maximum Gasteiger partial charge on any atom is 0.0840 e. The van der Waals surface area contributed by atoms with E-state index in [0.717, 1.165) is 5.52 Å². The fourth-order valence-corrected chi connectivity index (χ4v) is 2.19. The number of thioether (sulfide) groups is 1. The second kappa shape index (κ2) is 4.23. The summed E-state index contributed by atoms with van der Waals surface area (Å²) < 4.78 is 0. The van der Waals surface area contributed by atoms with Crippen LogP contribution in [-0.4, -0.2) is 11.2 Å². The lowest BCUT2D eigenvalue weighted by molar-refractivity contribution is 0.829. The van der Waals surface area contributed by atoms with E-state index in [9.17, 15) is 0 Å². The fourth-order valence-electron chi connectivity index (χ4n) is 1.62. The lowest BCUT2D eigenvalue weighted by Gasteiger charge is -2.08. The van der Waals surface area contributed by atoms with Gasteiger partial charge >= 0.3 is 0 Å². The molecule has 0 saturated carbocycles. The Hall–Kier alpha value is -1.02. The van der Waals surface area contributed by atoms with Crippen molar-refractivity contribution in [3.05, 3.63) is 36.0 Å². The summed E-state index contributed by atoms with van der Waals surface area (Å²) in [6, 6.07) is 10.6. The first-order chi connectivity index (χ1) is 7.22. The number of nitrogens with zero attached hydrogens (tertiary/aromatic N) is 1. The van der Waals surface area contributed by atoms with Gasteiger partial charge in [-0.05, 0) is 24.3 Å². The highest BCUT2D eigenvalue weighted by atomic mass is 32.2. The van der Waals surface area contributed by atoms with Crippen molar-refractivity contribution in [1.82, 2.24) is 4.98 Å². The summed E-state index contributed by atoms with van der Waals surface area (Å²) in [6.07, 6.45) is 2.10. The van der Waals surface area contributed by atoms with E-state index in [1.165, 1.54) is 16.0 Å². The molecule has 15 heavy (non-hydrogen) atoms. The maximum atomic E-state index is 4.72. The third kappa shape index (κ3) is 2.00. The van der Waals surface area contributed by atoms with Crippen LogP contribution in [0.15, 0.2) is 35.2 Å². The summed E-state index contributed by atoms with van der Waals surface area (Å²) in [5.74, 6) is 0.490. The van der Waals surface area contributed by atoms with E-state index in [1.807, 2.05) is 0 Å². The van der Waals surface area contributed by atoms with Crippen LogP contribution < -0.4 is 0 Å². The molecule has 1 heterocycles. The molecular formula is C13H15NS. The number of hydrogen-bond donors (Lipinski definition) is 0. The number of aromatic nitrogens is 1. The van der Waals surface area contributed by atoms with Gasteiger partial charge in [-0.2, -0.15) is 0 Å². The summed E-state index contributed by atoms with van der Waals surface area (Å²) in [7, 11) is 0. The van der Waals surface area contributed by atoms with Crippen molar-refractivity contribution in [2.45, 2.75) is 24.7 Å². The van der Waals surface area contributed by atoms with E-state index in [1.54, 1.807) is 11.8 Å². The lowest BCUT2D eigenvalue weighted by atomic mass is 10.1. The van der Waals surface area contributed by atoms with Gasteiger partial charge in [-0.25, -0.2) is 0 Å². The standard InChI is InChI=1S/C13H15NS/c1-9(2)11-8-7-10-5-4-6-12(15-3)13(10)14-11/h4-9H,1-3H3. The van der Waals surface area contributed by atoms with Crippen LogP contribution in [0.2, 0.25) is 0 Å². The van der Waals surface area contributed by atoms with Gasteiger partial charge in [-0.15, -0.1) is 11.8 Å². The maximum absolute atomic E-state index is 4.72. The first-order valence-corrected chi connectivity index (χ1v) is 6.38. The molecule has 2 aromatic rings. The molecule has 2 rings (SSSR count). The quantitative estimate of drug-likeness (QED) is 0.703. The van der Waals surface area contributed by atoms with Gasteiger partial charge in [-0.3, -0.25) is 4.98 Å². The molecule has 0 radical (unpaired) electrons. The zero-order valence-electron chi connectivity index (χ0n) is 9.32. The van der Waals surface area contributed by atoms with Gasteiger partial charge in [0.15, 0.2) is 0 Å². The summed E-state index contributed by atoms with van der Waals surface area (Å²) in [6.45, 7) is 4.35. The lowest BCUT2D eigenvalue weighted by Crippen LogP contribution is -1.93. The molecule has 78 valence electrons. The summed E-state index contributed by atoms with van der Waals surface area (Å²) >= 11 is 1.76. The summed E-state index contributed by atoms with van der Waals surface area (Å²) in [5.41, 5.74) is 2.31. The molecule has 0 amide bonds. The van der Waals surface area contributed by atoms with Crippen molar-refractivity contribution in [1.29, 1.82) is 0 Å². The van der Waals surface area contributed by atoms with Crippen LogP contribution in [0.5, 0.6) is 0 Å². The van der Waals surface area contributed by atoms with Crippen molar-refractivity contribution in [3.63, 3.8) is 0 Å². The normalized spacial score (nSPS) is 11.2. The van der Waals surface area contributed by atoms with Crippen molar-refractivity contribution in [2.24, 2.45) is 0 Å². The van der Waals surface area contributed by atoms with E-state index in [4.69, 9.17) is 4.98 Å². The van der Waals surface area contributed by atoms with E-state index >= 15 is 0 Å². The van der Waals surface area contributed by atoms with E-state index in [2.05, 4.69) is 50.4 Å². The van der Waals surface area contributed by atoms with Crippen LogP contribution >= 0.6 is 11.8 Å². The highest BCUT2D eigenvalue weighted by Crippen LogP contribution is 2.26. The molecule has 1 aromatic carbocycles. The Bertz CT molecular complexity index is 477. The van der Waals surface area contributed by atoms with E-state index in [0.29, 0.717) is 5.92 Å². The molecule has 1 nitrogen and oxygen atoms in total. The number of pyridine rings is 1. The molecule has 2 heteroatoms. The van der Waals surface area contributed by atoms with Gasteiger partial charge in [0, 0.05) is 16.0 Å². The van der Waals surface area contributed by atoms with E-state index < -0.39 is 0 Å². The van der Waals surface area contributed by atoms with Gasteiger partial charge in [-0.1, -0.05) is 32.0 Å². The van der Waals surface area contributed by atoms with Crippen LogP contribution in [0.4, 0.5) is 0 Å². The van der Waals surface area contributed by atoms with Crippen LogP contribution in [-0.2, 0) is 0 Å². The Labute approximate surface area is 94.9 Å². The molecule has 0 bridgehead atoms. The zero-order valence-corrected chi connectivity index (χ0v) is 10.1. The SMILES string of the molecule is CSc1cccc2ccc(C(C)C)nc12. The smallest absolute Gasteiger partial charge is 0.0840 e. The van der Waals surface area contributed by atoms with Gasteiger partial charge in [0.2, 0.25) is 0 Å². The Balaban J connectivity index is 2.67. The third-order valence-electron chi connectivity index (χ3n) is 2.52. The zero-order chi connectivity index (χ0) is 10.8. The second-order valence-corrected chi connectivity index (χ2v) is 4.77. The highest BCUT2D eigenvalue weighted by Gasteiger charge is 2.05. The second-order valence-electron chi connectivity index (χ2n) is 3.92. The number of para-hydroxylation sites is 1. The van der Waals surface area contributed by atoms with Gasteiger partial charge in [0.25, 0.3) is 0 Å². The molecule has 0 spiro atoms. The van der Waals surface area contributed by atoms with Crippen LogP contribution in [0.1, 0.15) is 25.5 Å².